The van der Waals surface area contributed by atoms with Crippen molar-refractivity contribution < 1.29 is 9.47 Å². The molecular weight excluding hydrogens is 290 g/mol. The third-order valence-electron chi connectivity index (χ3n) is 4.43. The molecule has 0 saturated carbocycles. The van der Waals surface area contributed by atoms with Gasteiger partial charge in [0.1, 0.15) is 12.7 Å². The maximum atomic E-state index is 5.98. The molecule has 5 nitrogen and oxygen atoms in total. The Hall–Kier alpha value is -2.30. The Labute approximate surface area is 136 Å². The van der Waals surface area contributed by atoms with E-state index in [1.54, 1.807) is 0 Å². The highest BCUT2D eigenvalue weighted by molar-refractivity contribution is 5.41. The maximum absolute atomic E-state index is 5.98. The van der Waals surface area contributed by atoms with Gasteiger partial charge < -0.3 is 14.4 Å². The van der Waals surface area contributed by atoms with E-state index < -0.39 is 0 Å². The second kappa shape index (κ2) is 6.44. The van der Waals surface area contributed by atoms with Crippen LogP contribution in [0.2, 0.25) is 0 Å². The van der Waals surface area contributed by atoms with E-state index in [9.17, 15) is 0 Å². The van der Waals surface area contributed by atoms with Crippen molar-refractivity contribution in [1.82, 2.24) is 10.2 Å². The van der Waals surface area contributed by atoms with Crippen molar-refractivity contribution in [2.75, 3.05) is 24.6 Å². The molecule has 1 aromatic heterocycles. The smallest absolute Gasteiger partial charge is 0.161 e. The number of aromatic nitrogens is 2. The molecule has 1 atom stereocenters. The van der Waals surface area contributed by atoms with E-state index in [2.05, 4.69) is 27.2 Å². The fraction of sp³-hybridized carbons (Fsp3) is 0.444. The van der Waals surface area contributed by atoms with E-state index >= 15 is 0 Å². The Morgan fingerprint density at radius 1 is 1.00 bits per heavy atom. The normalized spacial score (nSPS) is 19.8. The molecule has 4 rings (SSSR count). The number of ether oxygens (including phenoxy) is 2. The summed E-state index contributed by atoms with van der Waals surface area (Å²) in [5.41, 5.74) is 1.01. The van der Waals surface area contributed by atoms with Crippen molar-refractivity contribution in [1.29, 1.82) is 0 Å². The summed E-state index contributed by atoms with van der Waals surface area (Å²) in [5.74, 6) is 2.66. The van der Waals surface area contributed by atoms with Crippen LogP contribution in [-0.2, 0) is 6.42 Å². The minimum atomic E-state index is 0.0740. The number of hydrogen-bond acceptors (Lipinski definition) is 5. The quantitative estimate of drug-likeness (QED) is 0.869. The zero-order valence-electron chi connectivity index (χ0n) is 13.1. The van der Waals surface area contributed by atoms with Crippen LogP contribution in [0.5, 0.6) is 11.5 Å². The predicted molar refractivity (Wildman–Crippen MR) is 88.2 cm³/mol. The Balaban J connectivity index is 1.33. The molecule has 0 bridgehead atoms. The van der Waals surface area contributed by atoms with E-state index in [0.717, 1.165) is 48.9 Å². The molecule has 0 aliphatic carbocycles. The van der Waals surface area contributed by atoms with Crippen molar-refractivity contribution in [3.8, 4) is 11.5 Å². The first-order valence-corrected chi connectivity index (χ1v) is 8.34. The molecular formula is C18H21N3O2. The van der Waals surface area contributed by atoms with Crippen molar-refractivity contribution in [3.63, 3.8) is 0 Å². The molecule has 1 saturated heterocycles. The zero-order valence-corrected chi connectivity index (χ0v) is 13.1. The summed E-state index contributed by atoms with van der Waals surface area (Å²) in [7, 11) is 0. The summed E-state index contributed by atoms with van der Waals surface area (Å²) >= 11 is 0. The van der Waals surface area contributed by atoms with Gasteiger partial charge in [-0.3, -0.25) is 0 Å². The molecule has 5 heteroatoms. The molecule has 1 fully saturated rings. The number of para-hydroxylation sites is 2. The molecule has 2 aliphatic rings. The van der Waals surface area contributed by atoms with Gasteiger partial charge in [-0.15, -0.1) is 5.10 Å². The summed E-state index contributed by atoms with van der Waals surface area (Å²) in [6.07, 6.45) is 4.31. The van der Waals surface area contributed by atoms with Gasteiger partial charge in [0.2, 0.25) is 0 Å². The van der Waals surface area contributed by atoms with Crippen LogP contribution in [0.4, 0.5) is 5.82 Å². The van der Waals surface area contributed by atoms with Crippen LogP contribution in [0, 0.1) is 0 Å². The average molecular weight is 311 g/mol. The molecule has 0 radical (unpaired) electrons. The van der Waals surface area contributed by atoms with Crippen molar-refractivity contribution in [3.05, 3.63) is 42.1 Å². The first-order valence-electron chi connectivity index (χ1n) is 8.34. The van der Waals surface area contributed by atoms with E-state index in [4.69, 9.17) is 9.47 Å². The first kappa shape index (κ1) is 14.3. The SMILES string of the molecule is c1ccc2c(c1)OCC(CCc1ccc(N3CCCC3)nn1)O2. The number of benzene rings is 1. The Kier molecular flexibility index (Phi) is 4.01. The average Bonchev–Trinajstić information content (AvgIpc) is 3.15. The molecule has 2 aliphatic heterocycles. The molecule has 0 N–H and O–H groups in total. The second-order valence-corrected chi connectivity index (χ2v) is 6.11. The van der Waals surface area contributed by atoms with Gasteiger partial charge in [-0.2, -0.15) is 5.10 Å². The molecule has 0 amide bonds. The lowest BCUT2D eigenvalue weighted by atomic mass is 10.1. The van der Waals surface area contributed by atoms with Crippen LogP contribution in [0.1, 0.15) is 25.0 Å². The Morgan fingerprint density at radius 3 is 2.61 bits per heavy atom. The fourth-order valence-electron chi connectivity index (χ4n) is 3.12. The standard InChI is InChI=1S/C18H21N3O2/c1-2-6-17-16(5-1)22-13-15(23-17)9-7-14-8-10-18(20-19-14)21-11-3-4-12-21/h1-2,5-6,8,10,15H,3-4,7,9,11-13H2. The highest BCUT2D eigenvalue weighted by Crippen LogP contribution is 2.31. The third kappa shape index (κ3) is 3.23. The zero-order chi connectivity index (χ0) is 15.5. The summed E-state index contributed by atoms with van der Waals surface area (Å²) < 4.78 is 11.7. The van der Waals surface area contributed by atoms with Crippen molar-refractivity contribution >= 4 is 5.82 Å². The van der Waals surface area contributed by atoms with E-state index in [1.165, 1.54) is 12.8 Å². The number of anilines is 1. The molecule has 23 heavy (non-hydrogen) atoms. The topological polar surface area (TPSA) is 47.5 Å². The molecule has 3 heterocycles. The summed E-state index contributed by atoms with van der Waals surface area (Å²) in [6.45, 7) is 2.79. The molecule has 1 aromatic carbocycles. The van der Waals surface area contributed by atoms with Crippen molar-refractivity contribution in [2.24, 2.45) is 0 Å². The number of nitrogens with zero attached hydrogens (tertiary/aromatic N) is 3. The van der Waals surface area contributed by atoms with Gasteiger partial charge in [-0.25, -0.2) is 0 Å². The molecule has 2 aromatic rings. The molecule has 120 valence electrons. The maximum Gasteiger partial charge on any atom is 0.161 e. The van der Waals surface area contributed by atoms with Crippen LogP contribution in [0.3, 0.4) is 0 Å². The van der Waals surface area contributed by atoms with Crippen LogP contribution < -0.4 is 14.4 Å². The fourth-order valence-corrected chi connectivity index (χ4v) is 3.12. The molecule has 0 spiro atoms. The minimum Gasteiger partial charge on any atom is -0.486 e. The van der Waals surface area contributed by atoms with Crippen LogP contribution >= 0.6 is 0 Å². The second-order valence-electron chi connectivity index (χ2n) is 6.11. The number of hydrogen-bond donors (Lipinski definition) is 0. The number of rotatable bonds is 4. The van der Waals surface area contributed by atoms with Gasteiger partial charge in [-0.1, -0.05) is 12.1 Å². The van der Waals surface area contributed by atoms with Gasteiger partial charge in [0.05, 0.1) is 5.69 Å². The van der Waals surface area contributed by atoms with E-state index in [0.29, 0.717) is 6.61 Å². The summed E-state index contributed by atoms with van der Waals surface area (Å²) in [4.78, 5) is 2.30. The minimum absolute atomic E-state index is 0.0740. The van der Waals surface area contributed by atoms with Crippen LogP contribution in [0.25, 0.3) is 0 Å². The lowest BCUT2D eigenvalue weighted by molar-refractivity contribution is 0.0849. The van der Waals surface area contributed by atoms with Gasteiger partial charge in [0.15, 0.2) is 17.3 Å². The Bertz CT molecular complexity index is 654. The van der Waals surface area contributed by atoms with Gasteiger partial charge in [0, 0.05) is 13.1 Å². The monoisotopic (exact) mass is 311 g/mol. The highest BCUT2D eigenvalue weighted by atomic mass is 16.6. The number of aryl methyl sites for hydroxylation is 1. The van der Waals surface area contributed by atoms with Gasteiger partial charge in [-0.05, 0) is 49.9 Å². The van der Waals surface area contributed by atoms with Gasteiger partial charge >= 0.3 is 0 Å². The highest BCUT2D eigenvalue weighted by Gasteiger charge is 2.20. The third-order valence-corrected chi connectivity index (χ3v) is 4.43. The van der Waals surface area contributed by atoms with E-state index in [-0.39, 0.29) is 6.10 Å². The summed E-state index contributed by atoms with van der Waals surface area (Å²) in [5, 5.41) is 8.73. The van der Waals surface area contributed by atoms with Crippen molar-refractivity contribution in [2.45, 2.75) is 31.8 Å². The predicted octanol–water partition coefficient (Wildman–Crippen LogP) is 2.85. The summed E-state index contributed by atoms with van der Waals surface area (Å²) in [6, 6.07) is 12.0. The molecule has 1 unspecified atom stereocenters. The Morgan fingerprint density at radius 2 is 1.83 bits per heavy atom. The lowest BCUT2D eigenvalue weighted by Crippen LogP contribution is -2.29. The van der Waals surface area contributed by atoms with Crippen LogP contribution in [-0.4, -0.2) is 36.0 Å². The van der Waals surface area contributed by atoms with E-state index in [1.807, 2.05) is 24.3 Å². The number of fused-ring (bicyclic) bond motifs is 1. The lowest BCUT2D eigenvalue weighted by Gasteiger charge is -2.26. The van der Waals surface area contributed by atoms with Crippen LogP contribution in [0.15, 0.2) is 36.4 Å². The van der Waals surface area contributed by atoms with Gasteiger partial charge in [0.25, 0.3) is 0 Å². The first-order chi connectivity index (χ1) is 11.4. The largest absolute Gasteiger partial charge is 0.486 e.